The van der Waals surface area contributed by atoms with Gasteiger partial charge in [0.05, 0.1) is 12.2 Å². The van der Waals surface area contributed by atoms with Gasteiger partial charge in [0.2, 0.25) is 0 Å². The Morgan fingerprint density at radius 2 is 2.04 bits per heavy atom. The molecule has 128 valence electrons. The van der Waals surface area contributed by atoms with E-state index in [9.17, 15) is 23.1 Å². The summed E-state index contributed by atoms with van der Waals surface area (Å²) in [6.07, 6.45) is -1.83. The molecule has 1 aliphatic rings. The zero-order valence-corrected chi connectivity index (χ0v) is 12.8. The van der Waals surface area contributed by atoms with E-state index >= 15 is 0 Å². The van der Waals surface area contributed by atoms with Gasteiger partial charge in [0, 0.05) is 11.5 Å². The second kappa shape index (κ2) is 6.78. The van der Waals surface area contributed by atoms with Crippen LogP contribution >= 0.6 is 0 Å². The van der Waals surface area contributed by atoms with E-state index in [-0.39, 0.29) is 36.3 Å². The molecule has 0 bridgehead atoms. The lowest BCUT2D eigenvalue weighted by atomic mass is 9.86. The fourth-order valence-electron chi connectivity index (χ4n) is 2.79. The summed E-state index contributed by atoms with van der Waals surface area (Å²) in [6.45, 7) is 1.64. The van der Waals surface area contributed by atoms with Gasteiger partial charge in [0.15, 0.2) is 6.61 Å². The van der Waals surface area contributed by atoms with Gasteiger partial charge in [-0.05, 0) is 37.1 Å². The molecule has 1 saturated carbocycles. The predicted molar refractivity (Wildman–Crippen MR) is 77.9 cm³/mol. The van der Waals surface area contributed by atoms with Crippen molar-refractivity contribution < 1.29 is 27.8 Å². The van der Waals surface area contributed by atoms with Crippen LogP contribution in [0.5, 0.6) is 5.75 Å². The van der Waals surface area contributed by atoms with Crippen molar-refractivity contribution in [2.24, 2.45) is 5.41 Å². The van der Waals surface area contributed by atoms with E-state index < -0.39 is 11.7 Å². The molecule has 23 heavy (non-hydrogen) atoms. The van der Waals surface area contributed by atoms with Crippen molar-refractivity contribution in [3.63, 3.8) is 0 Å². The van der Waals surface area contributed by atoms with E-state index in [1.165, 1.54) is 12.1 Å². The van der Waals surface area contributed by atoms with Crippen molar-refractivity contribution in [2.75, 3.05) is 13.2 Å². The molecule has 1 aromatic carbocycles. The summed E-state index contributed by atoms with van der Waals surface area (Å²) in [7, 11) is 0. The monoisotopic (exact) mass is 331 g/mol. The summed E-state index contributed by atoms with van der Waals surface area (Å²) in [5, 5.41) is 12.3. The molecule has 2 atom stereocenters. The molecule has 0 saturated heterocycles. The molecule has 1 aromatic rings. The van der Waals surface area contributed by atoms with Crippen LogP contribution in [0.25, 0.3) is 0 Å². The first-order valence-corrected chi connectivity index (χ1v) is 7.45. The first-order chi connectivity index (χ1) is 10.7. The van der Waals surface area contributed by atoms with Gasteiger partial charge in [-0.15, -0.1) is 0 Å². The number of alkyl halides is 3. The van der Waals surface area contributed by atoms with E-state index in [4.69, 9.17) is 4.74 Å². The molecule has 0 heterocycles. The smallest absolute Gasteiger partial charge is 0.416 e. The maximum absolute atomic E-state index is 12.4. The Morgan fingerprint density at radius 1 is 1.39 bits per heavy atom. The van der Waals surface area contributed by atoms with Gasteiger partial charge >= 0.3 is 6.18 Å². The van der Waals surface area contributed by atoms with Gasteiger partial charge in [-0.2, -0.15) is 13.2 Å². The van der Waals surface area contributed by atoms with E-state index in [0.29, 0.717) is 0 Å². The standard InChI is InChI=1S/C16H20F3NO3/c1-15(10-21)8-2-3-13(15)20-14(22)9-23-12-6-4-11(5-7-12)16(17,18)19/h4-7,13,21H,2-3,8-10H2,1H3,(H,20,22). The van der Waals surface area contributed by atoms with E-state index in [0.717, 1.165) is 31.4 Å². The third kappa shape index (κ3) is 4.37. The number of ether oxygens (including phenoxy) is 1. The number of hydrogen-bond acceptors (Lipinski definition) is 3. The average Bonchev–Trinajstić information content (AvgIpc) is 2.86. The van der Waals surface area contributed by atoms with Crippen LogP contribution in [0.3, 0.4) is 0 Å². The number of carbonyl (C=O) groups is 1. The zero-order chi connectivity index (χ0) is 17.1. The van der Waals surface area contributed by atoms with Gasteiger partial charge < -0.3 is 15.2 Å². The molecular weight excluding hydrogens is 311 g/mol. The van der Waals surface area contributed by atoms with Gasteiger partial charge in [-0.3, -0.25) is 4.79 Å². The van der Waals surface area contributed by atoms with Crippen LogP contribution in [-0.4, -0.2) is 30.3 Å². The van der Waals surface area contributed by atoms with Crippen LogP contribution in [-0.2, 0) is 11.0 Å². The lowest BCUT2D eigenvalue weighted by Crippen LogP contribution is -2.46. The lowest BCUT2D eigenvalue weighted by Gasteiger charge is -2.30. The first kappa shape index (κ1) is 17.6. The van der Waals surface area contributed by atoms with Gasteiger partial charge in [-0.1, -0.05) is 13.3 Å². The minimum absolute atomic E-state index is 0.00227. The summed E-state index contributed by atoms with van der Waals surface area (Å²) < 4.78 is 42.5. The van der Waals surface area contributed by atoms with Gasteiger partial charge in [-0.25, -0.2) is 0 Å². The van der Waals surface area contributed by atoms with Crippen LogP contribution in [0, 0.1) is 5.41 Å². The summed E-state index contributed by atoms with van der Waals surface area (Å²) in [5.74, 6) is -0.152. The fraction of sp³-hybridized carbons (Fsp3) is 0.562. The van der Waals surface area contributed by atoms with E-state index in [1.54, 1.807) is 0 Å². The fourth-order valence-corrected chi connectivity index (χ4v) is 2.79. The molecule has 1 fully saturated rings. The highest BCUT2D eigenvalue weighted by atomic mass is 19.4. The topological polar surface area (TPSA) is 58.6 Å². The molecular formula is C16H20F3NO3. The molecule has 0 aliphatic heterocycles. The molecule has 2 N–H and O–H groups in total. The Hall–Kier alpha value is -1.76. The highest BCUT2D eigenvalue weighted by molar-refractivity contribution is 5.78. The minimum atomic E-state index is -4.40. The maximum Gasteiger partial charge on any atom is 0.416 e. The highest BCUT2D eigenvalue weighted by Gasteiger charge is 2.39. The molecule has 1 amide bonds. The van der Waals surface area contributed by atoms with Crippen molar-refractivity contribution in [1.29, 1.82) is 0 Å². The molecule has 0 radical (unpaired) electrons. The Labute approximate surface area is 132 Å². The van der Waals surface area contributed by atoms with Crippen LogP contribution in [0.1, 0.15) is 31.7 Å². The summed E-state index contributed by atoms with van der Waals surface area (Å²) in [4.78, 5) is 11.9. The second-order valence-corrected chi connectivity index (χ2v) is 6.14. The minimum Gasteiger partial charge on any atom is -0.484 e. The van der Waals surface area contributed by atoms with Crippen molar-refractivity contribution >= 4 is 5.91 Å². The molecule has 4 nitrogen and oxygen atoms in total. The largest absolute Gasteiger partial charge is 0.484 e. The first-order valence-electron chi connectivity index (χ1n) is 7.45. The number of aliphatic hydroxyl groups excluding tert-OH is 1. The van der Waals surface area contributed by atoms with Crippen molar-refractivity contribution in [3.05, 3.63) is 29.8 Å². The lowest BCUT2D eigenvalue weighted by molar-refractivity contribution is -0.137. The zero-order valence-electron chi connectivity index (χ0n) is 12.8. The molecule has 2 rings (SSSR count). The number of aliphatic hydroxyl groups is 1. The number of halogens is 3. The molecule has 7 heteroatoms. The van der Waals surface area contributed by atoms with Crippen LogP contribution < -0.4 is 10.1 Å². The predicted octanol–water partition coefficient (Wildman–Crippen LogP) is 2.75. The summed E-state index contributed by atoms with van der Waals surface area (Å²) in [5.41, 5.74) is -1.09. The second-order valence-electron chi connectivity index (χ2n) is 6.14. The highest BCUT2D eigenvalue weighted by Crippen LogP contribution is 2.37. The van der Waals surface area contributed by atoms with Gasteiger partial charge in [0.25, 0.3) is 5.91 Å². The maximum atomic E-state index is 12.4. The Kier molecular flexibility index (Phi) is 5.19. The Bertz CT molecular complexity index is 544. The summed E-state index contributed by atoms with van der Waals surface area (Å²) in [6, 6.07) is 4.07. The van der Waals surface area contributed by atoms with Crippen LogP contribution in [0.4, 0.5) is 13.2 Å². The quantitative estimate of drug-likeness (QED) is 0.872. The third-order valence-electron chi connectivity index (χ3n) is 4.33. The van der Waals surface area contributed by atoms with E-state index in [2.05, 4.69) is 5.32 Å². The number of carbonyl (C=O) groups excluding carboxylic acids is 1. The molecule has 0 spiro atoms. The third-order valence-corrected chi connectivity index (χ3v) is 4.33. The van der Waals surface area contributed by atoms with Crippen molar-refractivity contribution in [1.82, 2.24) is 5.32 Å². The summed E-state index contributed by atoms with van der Waals surface area (Å²) >= 11 is 0. The Morgan fingerprint density at radius 3 is 2.61 bits per heavy atom. The number of nitrogens with one attached hydrogen (secondary N) is 1. The molecule has 0 aromatic heterocycles. The number of rotatable bonds is 5. The average molecular weight is 331 g/mol. The number of benzene rings is 1. The Balaban J connectivity index is 1.85. The van der Waals surface area contributed by atoms with Crippen molar-refractivity contribution in [2.45, 2.75) is 38.4 Å². The van der Waals surface area contributed by atoms with Crippen molar-refractivity contribution in [3.8, 4) is 5.75 Å². The van der Waals surface area contributed by atoms with Gasteiger partial charge in [0.1, 0.15) is 5.75 Å². The molecule has 2 unspecified atom stereocenters. The van der Waals surface area contributed by atoms with Crippen LogP contribution in [0.15, 0.2) is 24.3 Å². The number of hydrogen-bond donors (Lipinski definition) is 2. The number of amides is 1. The molecule has 1 aliphatic carbocycles. The normalized spacial score (nSPS) is 24.5. The SMILES string of the molecule is CC1(CO)CCCC1NC(=O)COc1ccc(C(F)(F)F)cc1. The van der Waals surface area contributed by atoms with Crippen LogP contribution in [0.2, 0.25) is 0 Å². The van der Waals surface area contributed by atoms with E-state index in [1.807, 2.05) is 6.92 Å².